The molecule has 0 radical (unpaired) electrons. The fourth-order valence-electron chi connectivity index (χ4n) is 2.19. The number of hydrogen-bond acceptors (Lipinski definition) is 3. The van der Waals surface area contributed by atoms with E-state index in [4.69, 9.17) is 11.6 Å². The maximum absolute atomic E-state index is 11.8. The van der Waals surface area contributed by atoms with Crippen LogP contribution in [0.2, 0.25) is 0 Å². The van der Waals surface area contributed by atoms with Crippen LogP contribution >= 0.6 is 11.6 Å². The summed E-state index contributed by atoms with van der Waals surface area (Å²) in [7, 11) is -3.31. The molecule has 3 rings (SSSR count). The summed E-state index contributed by atoms with van der Waals surface area (Å²) < 4.78 is 23.6. The maximum atomic E-state index is 11.8. The molecular weight excluding hydrogens is 308 g/mol. The summed E-state index contributed by atoms with van der Waals surface area (Å²) in [5.41, 5.74) is 3.08. The fraction of sp³-hybridized carbons (Fsp3) is 0.133. The van der Waals surface area contributed by atoms with E-state index in [0.717, 1.165) is 11.1 Å². The third-order valence-electron chi connectivity index (χ3n) is 3.26. The van der Waals surface area contributed by atoms with Crippen LogP contribution in [0.1, 0.15) is 5.56 Å². The van der Waals surface area contributed by atoms with Gasteiger partial charge in [0.1, 0.15) is 11.3 Å². The van der Waals surface area contributed by atoms with E-state index in [1.54, 1.807) is 12.1 Å². The van der Waals surface area contributed by atoms with Gasteiger partial charge < -0.3 is 4.98 Å². The third-order valence-corrected chi connectivity index (χ3v) is 4.69. The average Bonchev–Trinajstić information content (AvgIpc) is 2.90. The zero-order chi connectivity index (χ0) is 15.0. The number of sulfone groups is 1. The number of halogens is 1. The van der Waals surface area contributed by atoms with Gasteiger partial charge in [-0.05, 0) is 17.7 Å². The first-order valence-corrected chi connectivity index (χ1v) is 8.76. The summed E-state index contributed by atoms with van der Waals surface area (Å²) in [4.78, 5) is 7.83. The van der Waals surface area contributed by atoms with Crippen molar-refractivity contribution in [3.63, 3.8) is 0 Å². The number of hydrogen-bond donors (Lipinski definition) is 1. The summed E-state index contributed by atoms with van der Waals surface area (Å²) in [6.45, 7) is 0. The number of nitrogens with one attached hydrogen (secondary N) is 1. The van der Waals surface area contributed by atoms with E-state index in [1.807, 2.05) is 30.3 Å². The number of fused-ring (bicyclic) bond motifs is 1. The van der Waals surface area contributed by atoms with Crippen molar-refractivity contribution in [2.24, 2.45) is 0 Å². The minimum Gasteiger partial charge on any atom is -0.338 e. The van der Waals surface area contributed by atoms with Crippen LogP contribution in [0, 0.1) is 0 Å². The maximum Gasteiger partial charge on any atom is 0.177 e. The van der Waals surface area contributed by atoms with Gasteiger partial charge in [0.05, 0.1) is 10.4 Å². The van der Waals surface area contributed by atoms with E-state index in [1.165, 1.54) is 6.26 Å². The molecule has 1 heterocycles. The van der Waals surface area contributed by atoms with E-state index in [0.29, 0.717) is 22.7 Å². The number of H-pyrrole nitrogens is 1. The van der Waals surface area contributed by atoms with Crippen LogP contribution in [0.3, 0.4) is 0 Å². The predicted octanol–water partition coefficient (Wildman–Crippen LogP) is 3.37. The minimum absolute atomic E-state index is 0.236. The smallest absolute Gasteiger partial charge is 0.177 e. The number of imidazole rings is 1. The van der Waals surface area contributed by atoms with Crippen molar-refractivity contribution in [3.8, 4) is 11.4 Å². The monoisotopic (exact) mass is 320 g/mol. The van der Waals surface area contributed by atoms with Gasteiger partial charge in [0.25, 0.3) is 0 Å². The number of aromatic amines is 1. The summed E-state index contributed by atoms with van der Waals surface area (Å²) in [5.74, 6) is 1.10. The Morgan fingerprint density at radius 1 is 1.14 bits per heavy atom. The van der Waals surface area contributed by atoms with Crippen LogP contribution in [-0.2, 0) is 15.7 Å². The number of aromatic nitrogens is 2. The van der Waals surface area contributed by atoms with Crippen LogP contribution in [0.4, 0.5) is 0 Å². The molecule has 1 aromatic heterocycles. The molecule has 0 spiro atoms. The molecule has 0 saturated carbocycles. The molecule has 0 aliphatic heterocycles. The number of nitrogens with zero attached hydrogens (tertiary/aromatic N) is 1. The van der Waals surface area contributed by atoms with Gasteiger partial charge in [-0.25, -0.2) is 13.4 Å². The van der Waals surface area contributed by atoms with Crippen molar-refractivity contribution in [2.75, 3.05) is 6.26 Å². The third kappa shape index (κ3) is 2.66. The second kappa shape index (κ2) is 5.16. The molecule has 0 atom stereocenters. The highest BCUT2D eigenvalue weighted by molar-refractivity contribution is 7.91. The van der Waals surface area contributed by atoms with Gasteiger partial charge in [0.15, 0.2) is 9.84 Å². The Hall–Kier alpha value is -1.85. The van der Waals surface area contributed by atoms with Crippen LogP contribution in [0.25, 0.3) is 22.4 Å². The van der Waals surface area contributed by atoms with E-state index in [-0.39, 0.29) is 4.90 Å². The molecule has 0 aliphatic rings. The topological polar surface area (TPSA) is 62.8 Å². The Morgan fingerprint density at radius 2 is 1.86 bits per heavy atom. The first kappa shape index (κ1) is 14.1. The van der Waals surface area contributed by atoms with E-state index in [9.17, 15) is 8.42 Å². The largest absolute Gasteiger partial charge is 0.338 e. The van der Waals surface area contributed by atoms with Crippen LogP contribution in [0.15, 0.2) is 47.4 Å². The first-order chi connectivity index (χ1) is 9.99. The normalized spacial score (nSPS) is 11.9. The quantitative estimate of drug-likeness (QED) is 0.752. The van der Waals surface area contributed by atoms with Gasteiger partial charge in [0.2, 0.25) is 0 Å². The Bertz CT molecular complexity index is 899. The molecule has 6 heteroatoms. The lowest BCUT2D eigenvalue weighted by molar-refractivity contribution is 0.602. The van der Waals surface area contributed by atoms with E-state index in [2.05, 4.69) is 9.97 Å². The lowest BCUT2D eigenvalue weighted by Gasteiger charge is -1.98. The predicted molar refractivity (Wildman–Crippen MR) is 84.2 cm³/mol. The number of rotatable bonds is 3. The number of benzene rings is 2. The zero-order valence-corrected chi connectivity index (χ0v) is 12.9. The van der Waals surface area contributed by atoms with Crippen molar-refractivity contribution >= 4 is 32.5 Å². The molecule has 0 amide bonds. The molecule has 4 nitrogen and oxygen atoms in total. The number of para-hydroxylation sites is 1. The highest BCUT2D eigenvalue weighted by atomic mass is 35.5. The van der Waals surface area contributed by atoms with Crippen molar-refractivity contribution in [3.05, 3.63) is 48.0 Å². The molecule has 0 saturated heterocycles. The Kier molecular flexibility index (Phi) is 3.47. The van der Waals surface area contributed by atoms with Gasteiger partial charge in [-0.1, -0.05) is 30.3 Å². The summed E-state index contributed by atoms with van der Waals surface area (Å²) in [6.07, 6.45) is 1.19. The molecule has 0 fully saturated rings. The van der Waals surface area contributed by atoms with Crippen molar-refractivity contribution in [2.45, 2.75) is 10.8 Å². The van der Waals surface area contributed by atoms with E-state index >= 15 is 0 Å². The van der Waals surface area contributed by atoms with Crippen molar-refractivity contribution < 1.29 is 8.42 Å². The van der Waals surface area contributed by atoms with Gasteiger partial charge in [0, 0.05) is 17.7 Å². The lowest BCUT2D eigenvalue weighted by atomic mass is 10.1. The standard InChI is InChI=1S/C15H13ClN2O2S/c1-21(19,20)13-4-2-3-12-14(13)18-15(17-12)11-7-5-10(9-16)6-8-11/h2-8H,9H2,1H3,(H,17,18). The minimum atomic E-state index is -3.31. The van der Waals surface area contributed by atoms with Crippen LogP contribution < -0.4 is 0 Å². The molecule has 0 bridgehead atoms. The lowest BCUT2D eigenvalue weighted by Crippen LogP contribution is -1.97. The molecule has 3 aromatic rings. The van der Waals surface area contributed by atoms with Crippen LogP contribution in [-0.4, -0.2) is 24.6 Å². The molecular formula is C15H13ClN2O2S. The summed E-state index contributed by atoms with van der Waals surface area (Å²) in [5, 5.41) is 0. The summed E-state index contributed by atoms with van der Waals surface area (Å²) in [6, 6.07) is 12.8. The average molecular weight is 321 g/mol. The molecule has 21 heavy (non-hydrogen) atoms. The summed E-state index contributed by atoms with van der Waals surface area (Å²) >= 11 is 5.77. The van der Waals surface area contributed by atoms with E-state index < -0.39 is 9.84 Å². The van der Waals surface area contributed by atoms with Crippen LogP contribution in [0.5, 0.6) is 0 Å². The number of alkyl halides is 1. The zero-order valence-electron chi connectivity index (χ0n) is 11.3. The molecule has 2 aromatic carbocycles. The van der Waals surface area contributed by atoms with Gasteiger partial charge in [-0.15, -0.1) is 11.6 Å². The van der Waals surface area contributed by atoms with Gasteiger partial charge in [-0.3, -0.25) is 0 Å². The highest BCUT2D eigenvalue weighted by Crippen LogP contribution is 2.25. The Morgan fingerprint density at radius 3 is 2.48 bits per heavy atom. The SMILES string of the molecule is CS(=O)(=O)c1cccc2[nH]c(-c3ccc(CCl)cc3)nc12. The highest BCUT2D eigenvalue weighted by Gasteiger charge is 2.15. The molecule has 0 aliphatic carbocycles. The van der Waals surface area contributed by atoms with Gasteiger partial charge >= 0.3 is 0 Å². The molecule has 0 unspecified atom stereocenters. The molecule has 1 N–H and O–H groups in total. The van der Waals surface area contributed by atoms with Crippen molar-refractivity contribution in [1.82, 2.24) is 9.97 Å². The Labute approximate surface area is 127 Å². The van der Waals surface area contributed by atoms with Gasteiger partial charge in [-0.2, -0.15) is 0 Å². The Balaban J connectivity index is 2.17. The first-order valence-electron chi connectivity index (χ1n) is 6.33. The second-order valence-electron chi connectivity index (χ2n) is 4.84. The second-order valence-corrected chi connectivity index (χ2v) is 7.09. The molecule has 108 valence electrons. The van der Waals surface area contributed by atoms with Crippen molar-refractivity contribution in [1.29, 1.82) is 0 Å². The fourth-order valence-corrected chi connectivity index (χ4v) is 3.20.